The summed E-state index contributed by atoms with van der Waals surface area (Å²) < 4.78 is 6.24. The molecule has 0 saturated heterocycles. The van der Waals surface area contributed by atoms with Gasteiger partial charge >= 0.3 is 0 Å². The van der Waals surface area contributed by atoms with E-state index in [0.29, 0.717) is 0 Å². The van der Waals surface area contributed by atoms with Crippen LogP contribution in [0.3, 0.4) is 0 Å². The summed E-state index contributed by atoms with van der Waals surface area (Å²) in [4.78, 5) is 4.57. The summed E-state index contributed by atoms with van der Waals surface area (Å²) in [6.07, 6.45) is 0.729. The van der Waals surface area contributed by atoms with Crippen molar-refractivity contribution in [3.05, 3.63) is 53.2 Å². The van der Waals surface area contributed by atoms with Crippen molar-refractivity contribution < 1.29 is 4.42 Å². The molecule has 1 aliphatic carbocycles. The van der Waals surface area contributed by atoms with Crippen LogP contribution in [-0.4, -0.2) is 13.1 Å². The van der Waals surface area contributed by atoms with Gasteiger partial charge in [0.25, 0.3) is 0 Å². The molecule has 24 heavy (non-hydrogen) atoms. The highest BCUT2D eigenvalue weighted by Gasteiger charge is 2.16. The minimum Gasteiger partial charge on any atom is -0.456 e. The van der Waals surface area contributed by atoms with Crippen LogP contribution >= 0.6 is 0 Å². The van der Waals surface area contributed by atoms with E-state index >= 15 is 0 Å². The van der Waals surface area contributed by atoms with E-state index in [1.54, 1.807) is 0 Å². The van der Waals surface area contributed by atoms with Crippen LogP contribution in [0.1, 0.15) is 30.5 Å². The van der Waals surface area contributed by atoms with E-state index in [1.165, 1.54) is 16.7 Å². The third kappa shape index (κ3) is 2.79. The zero-order valence-corrected chi connectivity index (χ0v) is 15.0. The zero-order chi connectivity index (χ0) is 17.3. The lowest BCUT2D eigenvalue weighted by Gasteiger charge is -2.17. The molecule has 0 atom stereocenters. The van der Waals surface area contributed by atoms with Gasteiger partial charge in [-0.2, -0.15) is 0 Å². The first kappa shape index (κ1) is 16.6. The molecule has 1 aromatic rings. The van der Waals surface area contributed by atoms with Gasteiger partial charge in [0.15, 0.2) is 0 Å². The van der Waals surface area contributed by atoms with Crippen molar-refractivity contribution in [2.45, 2.75) is 34.1 Å². The van der Waals surface area contributed by atoms with E-state index in [9.17, 15) is 0 Å². The molecule has 3 rings (SSSR count). The van der Waals surface area contributed by atoms with Crippen molar-refractivity contribution >= 4 is 16.7 Å². The van der Waals surface area contributed by atoms with Gasteiger partial charge in [-0.05, 0) is 69.9 Å². The topological polar surface area (TPSA) is 37.5 Å². The molecule has 0 unspecified atom stereocenters. The maximum Gasteiger partial charge on any atom is 0.137 e. The van der Waals surface area contributed by atoms with E-state index in [1.807, 2.05) is 6.92 Å². The number of rotatable bonds is 4. The average molecular weight is 321 g/mol. The molecule has 0 saturated carbocycles. The predicted molar refractivity (Wildman–Crippen MR) is 102 cm³/mol. The Hall–Kier alpha value is -2.29. The van der Waals surface area contributed by atoms with E-state index in [4.69, 9.17) is 4.42 Å². The first-order valence-electron chi connectivity index (χ1n) is 8.63. The summed E-state index contributed by atoms with van der Waals surface area (Å²) in [6.45, 7) is 14.2. The van der Waals surface area contributed by atoms with Crippen LogP contribution in [-0.2, 0) is 6.42 Å². The van der Waals surface area contributed by atoms with Gasteiger partial charge in [-0.1, -0.05) is 0 Å². The van der Waals surface area contributed by atoms with Crippen LogP contribution in [0.15, 0.2) is 33.7 Å². The minimum absolute atomic E-state index is 0.729. The summed E-state index contributed by atoms with van der Waals surface area (Å²) in [6, 6.07) is 8.54. The van der Waals surface area contributed by atoms with Gasteiger partial charge in [0.05, 0.1) is 5.36 Å². The second-order valence-corrected chi connectivity index (χ2v) is 6.13. The Morgan fingerprint density at radius 3 is 2.54 bits per heavy atom. The fourth-order valence-electron chi connectivity index (χ4n) is 3.26. The monoisotopic (exact) mass is 321 g/mol. The molecule has 1 aromatic carbocycles. The highest BCUT2D eigenvalue weighted by Crippen LogP contribution is 2.35. The van der Waals surface area contributed by atoms with Crippen molar-refractivity contribution in [2.75, 3.05) is 18.4 Å². The molecule has 3 heteroatoms. The van der Waals surface area contributed by atoms with Crippen molar-refractivity contribution in [1.29, 1.82) is 0 Å². The van der Waals surface area contributed by atoms with Gasteiger partial charge in [-0.25, -0.2) is 0 Å². The van der Waals surface area contributed by atoms with Crippen LogP contribution in [0.2, 0.25) is 0 Å². The fraction of sp³-hybridized carbons (Fsp3) is 0.333. The molecule has 0 bridgehead atoms. The molecule has 0 spiro atoms. The van der Waals surface area contributed by atoms with Crippen LogP contribution in [0.4, 0.5) is 5.69 Å². The number of aryl methyl sites for hydroxylation is 2. The standard InChI is InChI=1S/C21H25N2O/c1-6-15-16-9-13(4)18(22-7-2)11-20(16)24-21-12-19(23-8-3)14(5)10-17(15)21/h9-12,22H,1,6-8H2,2-5H3/b23-19+. The number of nitrogens with zero attached hydrogens (tertiary/aromatic N) is 1. The molecular weight excluding hydrogens is 296 g/mol. The zero-order valence-electron chi connectivity index (χ0n) is 15.0. The Morgan fingerprint density at radius 2 is 1.88 bits per heavy atom. The summed E-state index contributed by atoms with van der Waals surface area (Å²) in [5, 5.41) is 5.55. The van der Waals surface area contributed by atoms with Crippen molar-refractivity contribution in [2.24, 2.45) is 4.99 Å². The number of hydrogen-bond acceptors (Lipinski definition) is 3. The van der Waals surface area contributed by atoms with Crippen molar-refractivity contribution in [3.63, 3.8) is 0 Å². The molecule has 3 nitrogen and oxygen atoms in total. The molecule has 1 N–H and O–H groups in total. The average Bonchev–Trinajstić information content (AvgIpc) is 2.55. The molecule has 1 aliphatic heterocycles. The minimum atomic E-state index is 0.729. The Bertz CT molecular complexity index is 921. The quantitative estimate of drug-likeness (QED) is 0.695. The summed E-state index contributed by atoms with van der Waals surface area (Å²) in [7, 11) is 0. The smallest absolute Gasteiger partial charge is 0.137 e. The van der Waals surface area contributed by atoms with Gasteiger partial charge in [-0.3, -0.25) is 4.99 Å². The van der Waals surface area contributed by atoms with Crippen LogP contribution in [0, 0.1) is 20.8 Å². The van der Waals surface area contributed by atoms with E-state index < -0.39 is 0 Å². The van der Waals surface area contributed by atoms with Gasteiger partial charge in [0.1, 0.15) is 11.3 Å². The normalized spacial score (nSPS) is 12.3. The maximum atomic E-state index is 6.24. The maximum absolute atomic E-state index is 6.24. The third-order valence-corrected chi connectivity index (χ3v) is 4.44. The SMILES string of the molecule is [CH2]Cc1c2cc(C)/c(=N/CC)cc-2oc2cc(NCC)c(C)cc12. The first-order valence-corrected chi connectivity index (χ1v) is 8.63. The summed E-state index contributed by atoms with van der Waals surface area (Å²) in [5.41, 5.74) is 6.80. The number of nitrogens with one attached hydrogen (secondary N) is 1. The van der Waals surface area contributed by atoms with Gasteiger partial charge < -0.3 is 9.73 Å². The van der Waals surface area contributed by atoms with E-state index in [-0.39, 0.29) is 0 Å². The number of benzene rings is 2. The molecular formula is C21H25N2O. The molecule has 0 aromatic heterocycles. The first-order chi connectivity index (χ1) is 11.6. The van der Waals surface area contributed by atoms with E-state index in [0.717, 1.165) is 52.8 Å². The lowest BCUT2D eigenvalue weighted by Crippen LogP contribution is -2.09. The fourth-order valence-corrected chi connectivity index (χ4v) is 3.26. The second kappa shape index (κ2) is 6.68. The van der Waals surface area contributed by atoms with Crippen LogP contribution < -0.4 is 10.7 Å². The Balaban J connectivity index is 2.39. The molecule has 2 aliphatic rings. The number of fused-ring (bicyclic) bond motifs is 2. The molecule has 0 fully saturated rings. The molecule has 125 valence electrons. The predicted octanol–water partition coefficient (Wildman–Crippen LogP) is 4.88. The lowest BCUT2D eigenvalue weighted by atomic mass is 9.95. The van der Waals surface area contributed by atoms with Crippen molar-refractivity contribution in [3.8, 4) is 11.3 Å². The van der Waals surface area contributed by atoms with E-state index in [2.05, 4.69) is 62.3 Å². The Kier molecular flexibility index (Phi) is 4.61. The summed E-state index contributed by atoms with van der Waals surface area (Å²) >= 11 is 0. The third-order valence-electron chi connectivity index (χ3n) is 4.44. The number of hydrogen-bond donors (Lipinski definition) is 1. The van der Waals surface area contributed by atoms with Gasteiger partial charge in [-0.15, -0.1) is 0 Å². The Labute approximate surface area is 143 Å². The van der Waals surface area contributed by atoms with Gasteiger partial charge in [0, 0.05) is 41.9 Å². The number of anilines is 1. The molecule has 0 amide bonds. The molecule has 1 radical (unpaired) electrons. The summed E-state index contributed by atoms with van der Waals surface area (Å²) in [5.74, 6) is 0.880. The second-order valence-electron chi connectivity index (χ2n) is 6.13. The molecule has 1 heterocycles. The van der Waals surface area contributed by atoms with Crippen LogP contribution in [0.5, 0.6) is 0 Å². The largest absolute Gasteiger partial charge is 0.456 e. The van der Waals surface area contributed by atoms with Crippen molar-refractivity contribution in [1.82, 2.24) is 0 Å². The Morgan fingerprint density at radius 1 is 1.08 bits per heavy atom. The highest BCUT2D eigenvalue weighted by molar-refractivity contribution is 5.91. The van der Waals surface area contributed by atoms with Crippen LogP contribution in [0.25, 0.3) is 22.3 Å². The lowest BCUT2D eigenvalue weighted by molar-refractivity contribution is 0.616. The van der Waals surface area contributed by atoms with Gasteiger partial charge in [0.2, 0.25) is 0 Å². The highest BCUT2D eigenvalue weighted by atomic mass is 16.3.